The highest BCUT2D eigenvalue weighted by molar-refractivity contribution is 6.20. The third-order valence-corrected chi connectivity index (χ3v) is 10.4. The Kier molecular flexibility index (Phi) is 7.35. The average molecular weight is 523 g/mol. The minimum atomic E-state index is -1.39. The maximum atomic E-state index is 14.5. The highest BCUT2D eigenvalue weighted by Crippen LogP contribution is 2.47. The Bertz CT molecular complexity index is 993. The summed E-state index contributed by atoms with van der Waals surface area (Å²) < 4.78 is 14.6. The summed E-state index contributed by atoms with van der Waals surface area (Å²) in [5.41, 5.74) is -0.374. The van der Waals surface area contributed by atoms with E-state index in [-0.39, 0.29) is 18.0 Å². The molecule has 5 heteroatoms. The number of quaternary nitrogens is 1. The summed E-state index contributed by atoms with van der Waals surface area (Å²) >= 11 is 7.04. The Labute approximate surface area is 226 Å². The molecule has 3 saturated heterocycles. The van der Waals surface area contributed by atoms with E-state index >= 15 is 0 Å². The molecular formula is C32H41ClNO3+. The Hall–Kier alpha value is -1.88. The van der Waals surface area contributed by atoms with E-state index in [1.54, 1.807) is 0 Å². The van der Waals surface area contributed by atoms with E-state index in [9.17, 15) is 4.79 Å². The molecule has 0 radical (unpaired) electrons. The average Bonchev–Trinajstić information content (AvgIpc) is 3.49. The number of piperidine rings is 1. The van der Waals surface area contributed by atoms with E-state index < -0.39 is 11.2 Å². The van der Waals surface area contributed by atoms with Gasteiger partial charge in [-0.25, -0.2) is 4.79 Å². The van der Waals surface area contributed by atoms with Crippen LogP contribution in [0.4, 0.5) is 0 Å². The number of alkyl halides is 1. The number of hydrogen-bond acceptors (Lipinski definition) is 3. The van der Waals surface area contributed by atoms with E-state index in [1.807, 2.05) is 60.7 Å². The van der Waals surface area contributed by atoms with Crippen molar-refractivity contribution in [1.82, 2.24) is 0 Å². The third kappa shape index (κ3) is 4.64. The molecule has 3 atom stereocenters. The molecule has 1 aliphatic carbocycles. The van der Waals surface area contributed by atoms with Gasteiger partial charge in [-0.15, -0.1) is 0 Å². The molecule has 2 bridgehead atoms. The zero-order chi connectivity index (χ0) is 25.3. The summed E-state index contributed by atoms with van der Waals surface area (Å²) in [6.45, 7) is 2.62. The quantitative estimate of drug-likeness (QED) is 0.224. The van der Waals surface area contributed by atoms with Crippen molar-refractivity contribution >= 4 is 17.6 Å². The van der Waals surface area contributed by atoms with Crippen LogP contribution in [0.3, 0.4) is 0 Å². The molecule has 1 spiro atoms. The van der Waals surface area contributed by atoms with Crippen LogP contribution in [0, 0.1) is 5.92 Å². The topological polar surface area (TPSA) is 35.5 Å². The predicted octanol–water partition coefficient (Wildman–Crippen LogP) is 6.94. The maximum absolute atomic E-state index is 14.5. The number of hydrogen-bond donors (Lipinski definition) is 0. The van der Waals surface area contributed by atoms with Crippen LogP contribution in [-0.2, 0) is 19.9 Å². The second-order valence-corrected chi connectivity index (χ2v) is 12.4. The molecule has 3 aliphatic heterocycles. The predicted molar refractivity (Wildman–Crippen MR) is 146 cm³/mol. The Morgan fingerprint density at radius 2 is 1.32 bits per heavy atom. The first-order chi connectivity index (χ1) is 18.1. The first kappa shape index (κ1) is 25.4. The van der Waals surface area contributed by atoms with Crippen LogP contribution < -0.4 is 0 Å². The summed E-state index contributed by atoms with van der Waals surface area (Å²) in [6, 6.07) is 21.0. The van der Waals surface area contributed by atoms with Gasteiger partial charge in [-0.1, -0.05) is 91.5 Å². The second kappa shape index (κ2) is 10.7. The third-order valence-electron chi connectivity index (χ3n) is 9.99. The maximum Gasteiger partial charge on any atom is 0.348 e. The molecule has 1 saturated carbocycles. The fourth-order valence-corrected chi connectivity index (χ4v) is 8.52. The number of rotatable bonds is 7. The molecule has 0 N–H and O–H groups in total. The van der Waals surface area contributed by atoms with Crippen molar-refractivity contribution in [2.75, 3.05) is 13.1 Å². The molecule has 2 aromatic carbocycles. The summed E-state index contributed by atoms with van der Waals surface area (Å²) in [4.78, 5) is 14.5. The van der Waals surface area contributed by atoms with Gasteiger partial charge in [-0.05, 0) is 29.9 Å². The molecule has 3 heterocycles. The number of halogens is 1. The van der Waals surface area contributed by atoms with Gasteiger partial charge in [0.15, 0.2) is 0 Å². The molecule has 4 aliphatic rings. The molecule has 4 nitrogen and oxygen atoms in total. The largest absolute Gasteiger partial charge is 0.459 e. The minimum absolute atomic E-state index is 0.0618. The first-order valence-electron chi connectivity index (χ1n) is 14.6. The molecular weight excluding hydrogens is 482 g/mol. The molecule has 4 fully saturated rings. The summed E-state index contributed by atoms with van der Waals surface area (Å²) in [6.07, 6.45) is 12.7. The summed E-state index contributed by atoms with van der Waals surface area (Å²) in [5, 5.41) is 0. The lowest BCUT2D eigenvalue weighted by Gasteiger charge is -2.47. The smallest absolute Gasteiger partial charge is 0.348 e. The van der Waals surface area contributed by atoms with E-state index in [0.717, 1.165) is 49.7 Å². The highest BCUT2D eigenvalue weighted by Gasteiger charge is 2.57. The molecule has 37 heavy (non-hydrogen) atoms. The second-order valence-electron chi connectivity index (χ2n) is 11.9. The number of carbonyl (C=O) groups is 1. The number of carbonyl (C=O) groups excluding carboxylic acids is 1. The van der Waals surface area contributed by atoms with Crippen LogP contribution in [0.25, 0.3) is 0 Å². The number of nitrogens with zero attached hydrogens (tertiary/aromatic N) is 1. The van der Waals surface area contributed by atoms with Gasteiger partial charge in [0.25, 0.3) is 0 Å². The number of benzene rings is 2. The standard InChI is InChI=1S/C32H41ClNO3/c33-30(24-12-4-1-5-13-24)37-32(25-14-6-2-7-15-25,26-16-8-3-9-17-26)31(35)36-29-22-27-18-19-28(23-29)34(27)20-10-11-21-34/h2-3,6-9,14-17,24,27-30H,1,4-5,10-13,18-23H2/q+1. The van der Waals surface area contributed by atoms with Crippen molar-refractivity contribution in [3.63, 3.8) is 0 Å². The van der Waals surface area contributed by atoms with Crippen LogP contribution in [0.1, 0.15) is 81.8 Å². The lowest BCUT2D eigenvalue weighted by atomic mass is 9.84. The van der Waals surface area contributed by atoms with Gasteiger partial charge in [-0.3, -0.25) is 0 Å². The summed E-state index contributed by atoms with van der Waals surface area (Å²) in [5.74, 6) is -0.0781. The van der Waals surface area contributed by atoms with Gasteiger partial charge < -0.3 is 14.0 Å². The highest BCUT2D eigenvalue weighted by atomic mass is 35.5. The lowest BCUT2D eigenvalue weighted by Crippen LogP contribution is -2.60. The summed E-state index contributed by atoms with van der Waals surface area (Å²) in [7, 11) is 0. The zero-order valence-electron chi connectivity index (χ0n) is 21.9. The Balaban J connectivity index is 1.32. The Morgan fingerprint density at radius 1 is 0.784 bits per heavy atom. The number of esters is 1. The normalized spacial score (nSPS) is 28.3. The molecule has 2 aromatic rings. The molecule has 6 rings (SSSR count). The molecule has 0 amide bonds. The van der Waals surface area contributed by atoms with Crippen LogP contribution in [-0.4, -0.2) is 47.3 Å². The van der Waals surface area contributed by atoms with Crippen LogP contribution in [0.2, 0.25) is 0 Å². The first-order valence-corrected chi connectivity index (χ1v) is 15.1. The lowest BCUT2D eigenvalue weighted by molar-refractivity contribution is -0.956. The van der Waals surface area contributed by atoms with Gasteiger partial charge >= 0.3 is 5.97 Å². The van der Waals surface area contributed by atoms with Crippen LogP contribution in [0.5, 0.6) is 0 Å². The van der Waals surface area contributed by atoms with Crippen LogP contribution in [0.15, 0.2) is 60.7 Å². The SMILES string of the molecule is O=C(OC1CC2CCC(C1)[N+]21CCCC1)C(OC(Cl)C1CCCCC1)(c1ccccc1)c1ccccc1. The van der Waals surface area contributed by atoms with E-state index in [2.05, 4.69) is 0 Å². The van der Waals surface area contributed by atoms with E-state index in [0.29, 0.717) is 12.1 Å². The number of ether oxygens (including phenoxy) is 2. The van der Waals surface area contributed by atoms with Gasteiger partial charge in [0, 0.05) is 38.5 Å². The van der Waals surface area contributed by atoms with Crippen molar-refractivity contribution in [3.8, 4) is 0 Å². The van der Waals surface area contributed by atoms with E-state index in [1.165, 1.54) is 49.7 Å². The minimum Gasteiger partial charge on any atom is -0.459 e. The van der Waals surface area contributed by atoms with Crippen molar-refractivity contribution in [1.29, 1.82) is 0 Å². The van der Waals surface area contributed by atoms with Gasteiger partial charge in [-0.2, -0.15) is 0 Å². The van der Waals surface area contributed by atoms with Crippen molar-refractivity contribution in [2.24, 2.45) is 5.92 Å². The molecule has 3 unspecified atom stereocenters. The van der Waals surface area contributed by atoms with Crippen molar-refractivity contribution in [2.45, 2.75) is 100.0 Å². The van der Waals surface area contributed by atoms with Gasteiger partial charge in [0.05, 0.1) is 25.2 Å². The molecule has 198 valence electrons. The van der Waals surface area contributed by atoms with Gasteiger partial charge in [0.1, 0.15) is 11.7 Å². The van der Waals surface area contributed by atoms with Crippen molar-refractivity contribution in [3.05, 3.63) is 71.8 Å². The van der Waals surface area contributed by atoms with Crippen molar-refractivity contribution < 1.29 is 18.8 Å². The van der Waals surface area contributed by atoms with Gasteiger partial charge in [0.2, 0.25) is 5.60 Å². The fraction of sp³-hybridized carbons (Fsp3) is 0.594. The zero-order valence-corrected chi connectivity index (χ0v) is 22.7. The fourth-order valence-electron chi connectivity index (χ4n) is 8.13. The van der Waals surface area contributed by atoms with E-state index in [4.69, 9.17) is 21.1 Å². The monoisotopic (exact) mass is 522 g/mol. The Morgan fingerprint density at radius 3 is 1.86 bits per heavy atom. The van der Waals surface area contributed by atoms with Crippen LogP contribution >= 0.6 is 11.6 Å². The molecule has 0 aromatic heterocycles.